The van der Waals surface area contributed by atoms with Crippen molar-refractivity contribution in [2.45, 2.75) is 38.3 Å². The molecule has 4 nitrogen and oxygen atoms in total. The van der Waals surface area contributed by atoms with E-state index in [-0.39, 0.29) is 18.0 Å². The molecule has 0 aliphatic carbocycles. The molecule has 0 spiro atoms. The Morgan fingerprint density at radius 3 is 2.15 bits per heavy atom. The summed E-state index contributed by atoms with van der Waals surface area (Å²) in [6.45, 7) is 2.28. The first-order valence-corrected chi connectivity index (χ1v) is 12.3. The number of carboxylic acid groups (broad SMARTS) is 1. The van der Waals surface area contributed by atoms with Crippen molar-refractivity contribution in [2.24, 2.45) is 0 Å². The van der Waals surface area contributed by atoms with Crippen LogP contribution in [-0.4, -0.2) is 22.3 Å². The Morgan fingerprint density at radius 2 is 1.51 bits per heavy atom. The summed E-state index contributed by atoms with van der Waals surface area (Å²) < 4.78 is 57.8. The smallest absolute Gasteiger partial charge is 0.481 e. The molecule has 4 aromatic rings. The molecule has 0 aromatic heterocycles. The second-order valence-corrected chi connectivity index (χ2v) is 9.17. The number of rotatable bonds is 10. The molecule has 0 fully saturated rings. The van der Waals surface area contributed by atoms with Crippen LogP contribution in [0.5, 0.6) is 5.75 Å². The van der Waals surface area contributed by atoms with Gasteiger partial charge in [-0.15, -0.1) is 13.2 Å². The molecule has 0 saturated carbocycles. The van der Waals surface area contributed by atoms with Crippen molar-refractivity contribution < 1.29 is 32.2 Å². The van der Waals surface area contributed by atoms with Crippen molar-refractivity contribution in [3.05, 3.63) is 126 Å². The predicted octanol–water partition coefficient (Wildman–Crippen LogP) is 8.17. The Balaban J connectivity index is 1.80. The summed E-state index contributed by atoms with van der Waals surface area (Å²) in [4.78, 5) is 14.0. The number of carboxylic acids is 1. The maximum Gasteiger partial charge on any atom is 0.573 e. The molecule has 202 valence electrons. The lowest BCUT2D eigenvalue weighted by Crippen LogP contribution is -2.33. The maximum atomic E-state index is 15.5. The fraction of sp³-hybridized carbons (Fsp3) is 0.194. The van der Waals surface area contributed by atoms with Crippen LogP contribution in [0.4, 0.5) is 17.6 Å². The molecule has 0 radical (unpaired) electrons. The first kappa shape index (κ1) is 27.9. The van der Waals surface area contributed by atoms with Gasteiger partial charge in [0.1, 0.15) is 11.6 Å². The minimum Gasteiger partial charge on any atom is -0.481 e. The van der Waals surface area contributed by atoms with Gasteiger partial charge in [0, 0.05) is 24.2 Å². The van der Waals surface area contributed by atoms with E-state index in [0.717, 1.165) is 11.1 Å². The summed E-state index contributed by atoms with van der Waals surface area (Å²) >= 11 is 0. The van der Waals surface area contributed by atoms with Crippen LogP contribution in [0.15, 0.2) is 103 Å². The molecule has 0 unspecified atom stereocenters. The molecule has 0 aliphatic rings. The second-order valence-electron chi connectivity index (χ2n) is 9.17. The van der Waals surface area contributed by atoms with E-state index in [1.807, 2.05) is 72.5 Å². The second kappa shape index (κ2) is 12.1. The van der Waals surface area contributed by atoms with Gasteiger partial charge in [0.25, 0.3) is 0 Å². The third-order valence-corrected chi connectivity index (χ3v) is 6.51. The number of benzene rings is 4. The van der Waals surface area contributed by atoms with Gasteiger partial charge in [-0.05, 0) is 53.4 Å². The van der Waals surface area contributed by atoms with E-state index in [9.17, 15) is 23.1 Å². The number of ether oxygens (including phenoxy) is 1. The Bertz CT molecular complexity index is 1390. The van der Waals surface area contributed by atoms with E-state index in [1.54, 1.807) is 6.07 Å². The normalized spacial score (nSPS) is 13.2. The highest BCUT2D eigenvalue weighted by atomic mass is 19.4. The largest absolute Gasteiger partial charge is 0.573 e. The summed E-state index contributed by atoms with van der Waals surface area (Å²) in [6.07, 6.45) is -5.24. The number of hydrogen-bond donors (Lipinski definition) is 1. The number of carbonyl (C=O) groups is 1. The van der Waals surface area contributed by atoms with Crippen LogP contribution in [0.3, 0.4) is 0 Å². The van der Waals surface area contributed by atoms with Gasteiger partial charge >= 0.3 is 12.3 Å². The highest BCUT2D eigenvalue weighted by Gasteiger charge is 2.32. The summed E-state index contributed by atoms with van der Waals surface area (Å²) in [5.41, 5.74) is 2.79. The monoisotopic (exact) mass is 537 g/mol. The van der Waals surface area contributed by atoms with Crippen LogP contribution in [0.1, 0.15) is 42.1 Å². The van der Waals surface area contributed by atoms with Gasteiger partial charge in [0.2, 0.25) is 0 Å². The molecule has 1 N–H and O–H groups in total. The molecule has 8 heteroatoms. The van der Waals surface area contributed by atoms with Gasteiger partial charge in [-0.3, -0.25) is 9.69 Å². The third-order valence-electron chi connectivity index (χ3n) is 6.51. The van der Waals surface area contributed by atoms with Crippen LogP contribution in [0, 0.1) is 5.82 Å². The number of nitrogens with zero attached hydrogens (tertiary/aromatic N) is 1. The Kier molecular flexibility index (Phi) is 8.66. The summed E-state index contributed by atoms with van der Waals surface area (Å²) in [6, 6.07) is 27.4. The van der Waals surface area contributed by atoms with Gasteiger partial charge < -0.3 is 9.84 Å². The number of aliphatic carboxylic acids is 1. The van der Waals surface area contributed by atoms with Crippen molar-refractivity contribution in [1.29, 1.82) is 0 Å². The van der Waals surface area contributed by atoms with Crippen molar-refractivity contribution >= 4 is 5.97 Å². The van der Waals surface area contributed by atoms with Crippen LogP contribution >= 0.6 is 0 Å². The zero-order valence-corrected chi connectivity index (χ0v) is 21.1. The summed E-state index contributed by atoms with van der Waals surface area (Å²) in [7, 11) is 0. The van der Waals surface area contributed by atoms with Crippen LogP contribution in [0.2, 0.25) is 0 Å². The van der Waals surface area contributed by atoms with Crippen molar-refractivity contribution in [3.8, 4) is 16.9 Å². The topological polar surface area (TPSA) is 49.8 Å². The lowest BCUT2D eigenvalue weighted by Gasteiger charge is -2.37. The van der Waals surface area contributed by atoms with Gasteiger partial charge in [-0.25, -0.2) is 4.39 Å². The van der Waals surface area contributed by atoms with Gasteiger partial charge in [0.05, 0.1) is 6.42 Å². The highest BCUT2D eigenvalue weighted by Crippen LogP contribution is 2.38. The zero-order chi connectivity index (χ0) is 28.0. The standard InChI is InChI=1S/C31H27F4NO3/c1-21(23-11-6-3-7-12-23)36(20-22-9-4-2-5-10-22)29(19-30(37)38)27-18-25(15-16-28(27)32)24-13-8-14-26(17-24)39-31(33,34)35/h2-18,21,29H,19-20H2,1H3,(H,37,38)/t21-,29+/m1/s1. The third kappa shape index (κ3) is 7.45. The van der Waals surface area contributed by atoms with Crippen molar-refractivity contribution in [2.75, 3.05) is 0 Å². The van der Waals surface area contributed by atoms with Crippen LogP contribution < -0.4 is 4.74 Å². The lowest BCUT2D eigenvalue weighted by atomic mass is 9.93. The highest BCUT2D eigenvalue weighted by molar-refractivity contribution is 5.69. The van der Waals surface area contributed by atoms with Crippen LogP contribution in [0.25, 0.3) is 11.1 Å². The Hall–Kier alpha value is -4.17. The molecule has 39 heavy (non-hydrogen) atoms. The van der Waals surface area contributed by atoms with E-state index < -0.39 is 29.9 Å². The minimum absolute atomic E-state index is 0.135. The average Bonchev–Trinajstić information content (AvgIpc) is 2.91. The Labute approximate surface area is 224 Å². The van der Waals surface area contributed by atoms with Crippen molar-refractivity contribution in [3.63, 3.8) is 0 Å². The first-order chi connectivity index (χ1) is 18.6. The van der Waals surface area contributed by atoms with Gasteiger partial charge in [-0.2, -0.15) is 0 Å². The fourth-order valence-corrected chi connectivity index (χ4v) is 4.66. The average molecular weight is 538 g/mol. The van der Waals surface area contributed by atoms with Crippen LogP contribution in [-0.2, 0) is 11.3 Å². The molecule has 0 heterocycles. The lowest BCUT2D eigenvalue weighted by molar-refractivity contribution is -0.274. The van der Waals surface area contributed by atoms with Crippen molar-refractivity contribution in [1.82, 2.24) is 4.90 Å². The van der Waals surface area contributed by atoms with E-state index in [4.69, 9.17) is 0 Å². The first-order valence-electron chi connectivity index (χ1n) is 12.3. The molecule has 2 atom stereocenters. The molecular formula is C31H27F4NO3. The summed E-state index contributed by atoms with van der Waals surface area (Å²) in [5.74, 6) is -2.12. The minimum atomic E-state index is -4.86. The fourth-order valence-electron chi connectivity index (χ4n) is 4.66. The van der Waals surface area contributed by atoms with Gasteiger partial charge in [-0.1, -0.05) is 78.9 Å². The molecule has 4 aromatic carbocycles. The maximum absolute atomic E-state index is 15.5. The van der Waals surface area contributed by atoms with E-state index >= 15 is 4.39 Å². The molecular weight excluding hydrogens is 510 g/mol. The number of alkyl halides is 3. The summed E-state index contributed by atoms with van der Waals surface area (Å²) in [5, 5.41) is 9.86. The number of halogens is 4. The SMILES string of the molecule is C[C@H](c1ccccc1)N(Cc1ccccc1)[C@@H](CC(=O)O)c1cc(-c2cccc(OC(F)(F)F)c2)ccc1F. The Morgan fingerprint density at radius 1 is 0.872 bits per heavy atom. The number of hydrogen-bond acceptors (Lipinski definition) is 3. The quantitative estimate of drug-likeness (QED) is 0.207. The molecule has 4 rings (SSSR count). The molecule has 0 bridgehead atoms. The predicted molar refractivity (Wildman–Crippen MR) is 140 cm³/mol. The van der Waals surface area contributed by atoms with Gasteiger partial charge in [0.15, 0.2) is 0 Å². The molecule has 0 saturated heterocycles. The molecule has 0 amide bonds. The zero-order valence-electron chi connectivity index (χ0n) is 21.1. The van der Waals surface area contributed by atoms with E-state index in [2.05, 4.69) is 4.74 Å². The van der Waals surface area contributed by atoms with E-state index in [0.29, 0.717) is 17.7 Å². The van der Waals surface area contributed by atoms with E-state index in [1.165, 1.54) is 36.4 Å². The molecule has 0 aliphatic heterocycles.